The van der Waals surface area contributed by atoms with Crippen LogP contribution < -0.4 is 0 Å². The Bertz CT molecular complexity index is 1460. The van der Waals surface area contributed by atoms with E-state index in [1.807, 2.05) is 84.2 Å². The van der Waals surface area contributed by atoms with E-state index in [9.17, 15) is 4.79 Å². The summed E-state index contributed by atoms with van der Waals surface area (Å²) in [7, 11) is 0. The number of allylic oxidation sites excluding steroid dienone is 4. The molecule has 0 spiro atoms. The van der Waals surface area contributed by atoms with Crippen LogP contribution in [0.15, 0.2) is 109 Å². The second-order valence-corrected chi connectivity index (χ2v) is 8.81. The summed E-state index contributed by atoms with van der Waals surface area (Å²) < 4.78 is 0. The molecule has 35 heavy (non-hydrogen) atoms. The SMILES string of the molecule is O=C(c1cccc2ccccc12)N1C=C2CC(c3ccccn3)=CC=C2N(Cc2cnc[nH]2)CC1. The lowest BCUT2D eigenvalue weighted by Crippen LogP contribution is -2.33. The van der Waals surface area contributed by atoms with Crippen molar-refractivity contribution in [2.45, 2.75) is 13.0 Å². The van der Waals surface area contributed by atoms with E-state index in [1.165, 1.54) is 0 Å². The fourth-order valence-corrected chi connectivity index (χ4v) is 4.86. The third kappa shape index (κ3) is 4.15. The number of H-pyrrole nitrogens is 1. The fraction of sp³-hybridized carbons (Fsp3) is 0.138. The van der Waals surface area contributed by atoms with Gasteiger partial charge in [0.05, 0.1) is 24.3 Å². The summed E-state index contributed by atoms with van der Waals surface area (Å²) in [6.07, 6.45) is 12.4. The molecule has 0 saturated heterocycles. The fourth-order valence-electron chi connectivity index (χ4n) is 4.86. The maximum atomic E-state index is 13.8. The van der Waals surface area contributed by atoms with Crippen molar-refractivity contribution in [2.24, 2.45) is 0 Å². The molecular weight excluding hydrogens is 434 g/mol. The van der Waals surface area contributed by atoms with Gasteiger partial charge in [-0.2, -0.15) is 0 Å². The van der Waals surface area contributed by atoms with Crippen LogP contribution in [0.4, 0.5) is 0 Å². The molecule has 6 rings (SSSR count). The molecule has 1 amide bonds. The number of hydrogen-bond donors (Lipinski definition) is 1. The molecule has 1 aliphatic carbocycles. The monoisotopic (exact) mass is 459 g/mol. The van der Waals surface area contributed by atoms with Crippen LogP contribution in [0, 0.1) is 0 Å². The van der Waals surface area contributed by atoms with Gasteiger partial charge < -0.3 is 14.8 Å². The van der Waals surface area contributed by atoms with E-state index in [1.54, 1.807) is 6.33 Å². The van der Waals surface area contributed by atoms with Crippen molar-refractivity contribution in [2.75, 3.05) is 13.1 Å². The number of nitrogens with one attached hydrogen (secondary N) is 1. The third-order valence-electron chi connectivity index (χ3n) is 6.61. The predicted octanol–water partition coefficient (Wildman–Crippen LogP) is 5.17. The Morgan fingerprint density at radius 1 is 0.943 bits per heavy atom. The van der Waals surface area contributed by atoms with E-state index < -0.39 is 0 Å². The van der Waals surface area contributed by atoms with Gasteiger partial charge in [-0.25, -0.2) is 4.98 Å². The summed E-state index contributed by atoms with van der Waals surface area (Å²) in [4.78, 5) is 29.9. The zero-order valence-corrected chi connectivity index (χ0v) is 19.3. The van der Waals surface area contributed by atoms with Gasteiger partial charge in [-0.3, -0.25) is 9.78 Å². The van der Waals surface area contributed by atoms with Crippen LogP contribution in [0.1, 0.15) is 28.2 Å². The number of carbonyl (C=O) groups excluding carboxylic acids is 1. The smallest absolute Gasteiger partial charge is 0.258 e. The van der Waals surface area contributed by atoms with E-state index in [4.69, 9.17) is 0 Å². The lowest BCUT2D eigenvalue weighted by atomic mass is 9.94. The van der Waals surface area contributed by atoms with Crippen molar-refractivity contribution in [3.63, 3.8) is 0 Å². The van der Waals surface area contributed by atoms with E-state index in [0.29, 0.717) is 26.1 Å². The van der Waals surface area contributed by atoms with E-state index >= 15 is 0 Å². The Labute approximate surface area is 203 Å². The molecule has 0 bridgehead atoms. The largest absolute Gasteiger partial charge is 0.364 e. The summed E-state index contributed by atoms with van der Waals surface area (Å²) in [6.45, 7) is 2.01. The number of fused-ring (bicyclic) bond motifs is 2. The number of aromatic amines is 1. The average molecular weight is 460 g/mol. The third-order valence-corrected chi connectivity index (χ3v) is 6.61. The molecule has 0 radical (unpaired) electrons. The molecule has 2 aliphatic rings. The van der Waals surface area contributed by atoms with Crippen LogP contribution in [0.25, 0.3) is 16.3 Å². The van der Waals surface area contributed by atoms with Gasteiger partial charge in [-0.05, 0) is 46.2 Å². The maximum absolute atomic E-state index is 13.8. The Morgan fingerprint density at radius 2 is 1.83 bits per heavy atom. The second kappa shape index (κ2) is 9.06. The lowest BCUT2D eigenvalue weighted by Gasteiger charge is -2.28. The zero-order valence-electron chi connectivity index (χ0n) is 19.3. The quantitative estimate of drug-likeness (QED) is 0.457. The first-order valence-corrected chi connectivity index (χ1v) is 11.8. The Morgan fingerprint density at radius 3 is 2.69 bits per heavy atom. The number of hydrogen-bond acceptors (Lipinski definition) is 4. The van der Waals surface area contributed by atoms with Crippen molar-refractivity contribution >= 4 is 22.3 Å². The summed E-state index contributed by atoms with van der Waals surface area (Å²) in [5.74, 6) is 0.0194. The first-order valence-electron chi connectivity index (χ1n) is 11.8. The highest BCUT2D eigenvalue weighted by Gasteiger charge is 2.27. The molecule has 0 fully saturated rings. The first-order chi connectivity index (χ1) is 17.3. The number of imidazole rings is 1. The molecule has 1 N–H and O–H groups in total. The van der Waals surface area contributed by atoms with Crippen LogP contribution in [0.5, 0.6) is 0 Å². The van der Waals surface area contributed by atoms with E-state index in [-0.39, 0.29) is 5.91 Å². The Balaban J connectivity index is 1.38. The topological polar surface area (TPSA) is 65.1 Å². The highest BCUT2D eigenvalue weighted by Crippen LogP contribution is 2.34. The normalized spacial score (nSPS) is 15.7. The second-order valence-electron chi connectivity index (χ2n) is 8.81. The Hall–Kier alpha value is -4.45. The number of aromatic nitrogens is 3. The molecule has 6 heteroatoms. The van der Waals surface area contributed by atoms with Gasteiger partial charge in [0.2, 0.25) is 0 Å². The maximum Gasteiger partial charge on any atom is 0.258 e. The van der Waals surface area contributed by atoms with E-state index in [0.717, 1.165) is 44.6 Å². The summed E-state index contributed by atoms with van der Waals surface area (Å²) in [5.41, 5.74) is 6.11. The average Bonchev–Trinajstić information content (AvgIpc) is 3.36. The van der Waals surface area contributed by atoms with Crippen molar-refractivity contribution in [3.8, 4) is 0 Å². The zero-order chi connectivity index (χ0) is 23.6. The van der Waals surface area contributed by atoms with Gasteiger partial charge in [0, 0.05) is 49.4 Å². The molecule has 172 valence electrons. The molecule has 2 aromatic heterocycles. The van der Waals surface area contributed by atoms with Crippen LogP contribution in [-0.4, -0.2) is 43.7 Å². The van der Waals surface area contributed by atoms with Crippen LogP contribution >= 0.6 is 0 Å². The molecule has 0 unspecified atom stereocenters. The molecule has 2 aromatic carbocycles. The highest BCUT2D eigenvalue weighted by atomic mass is 16.2. The van der Waals surface area contributed by atoms with Gasteiger partial charge in [0.25, 0.3) is 5.91 Å². The van der Waals surface area contributed by atoms with Crippen molar-refractivity contribution < 1.29 is 4.79 Å². The minimum atomic E-state index is 0.0194. The predicted molar refractivity (Wildman–Crippen MR) is 137 cm³/mol. The molecular formula is C29H25N5O. The van der Waals surface area contributed by atoms with Gasteiger partial charge >= 0.3 is 0 Å². The lowest BCUT2D eigenvalue weighted by molar-refractivity contribution is 0.0818. The first kappa shape index (κ1) is 21.1. The number of carbonyl (C=O) groups is 1. The standard InChI is InChI=1S/C29H25N5O/c35-29(26-9-5-7-21-6-1-2-8-25(21)26)34-15-14-33(19-24-17-30-20-32-24)28-12-11-22(16-23(28)18-34)27-10-3-4-13-31-27/h1-13,17-18,20H,14-16,19H2,(H,30,32). The number of rotatable bonds is 4. The summed E-state index contributed by atoms with van der Waals surface area (Å²) in [5, 5.41) is 2.05. The van der Waals surface area contributed by atoms with Gasteiger partial charge in [0.15, 0.2) is 0 Å². The number of nitrogens with zero attached hydrogens (tertiary/aromatic N) is 4. The van der Waals surface area contributed by atoms with Crippen molar-refractivity contribution in [1.82, 2.24) is 24.8 Å². The molecule has 6 nitrogen and oxygen atoms in total. The molecule has 4 aromatic rings. The van der Waals surface area contributed by atoms with Crippen molar-refractivity contribution in [3.05, 3.63) is 126 Å². The highest BCUT2D eigenvalue weighted by molar-refractivity contribution is 6.07. The minimum Gasteiger partial charge on any atom is -0.364 e. The molecule has 3 heterocycles. The van der Waals surface area contributed by atoms with E-state index in [2.05, 4.69) is 32.0 Å². The van der Waals surface area contributed by atoms with Crippen molar-refractivity contribution in [1.29, 1.82) is 0 Å². The Kier molecular flexibility index (Phi) is 5.47. The van der Waals surface area contributed by atoms with Crippen LogP contribution in [-0.2, 0) is 6.54 Å². The number of pyridine rings is 1. The minimum absolute atomic E-state index is 0.0194. The summed E-state index contributed by atoms with van der Waals surface area (Å²) >= 11 is 0. The van der Waals surface area contributed by atoms with Gasteiger partial charge in [-0.15, -0.1) is 0 Å². The molecule has 1 aliphatic heterocycles. The van der Waals surface area contributed by atoms with Gasteiger partial charge in [0.1, 0.15) is 0 Å². The van der Waals surface area contributed by atoms with Gasteiger partial charge in [-0.1, -0.05) is 48.5 Å². The molecule has 0 saturated carbocycles. The molecule has 0 atom stereocenters. The number of amides is 1. The van der Waals surface area contributed by atoms with Crippen LogP contribution in [0.2, 0.25) is 0 Å². The summed E-state index contributed by atoms with van der Waals surface area (Å²) in [6, 6.07) is 19.9. The number of benzene rings is 2. The van der Waals surface area contributed by atoms with Crippen LogP contribution in [0.3, 0.4) is 0 Å².